The van der Waals surface area contributed by atoms with E-state index in [1.165, 1.54) is 0 Å². The molecule has 0 spiro atoms. The maximum atomic E-state index is 10.3. The van der Waals surface area contributed by atoms with Gasteiger partial charge in [-0.15, -0.1) is 0 Å². The third kappa shape index (κ3) is 17.1. The molecule has 436 valence electrons. The van der Waals surface area contributed by atoms with E-state index in [0.29, 0.717) is 81.7 Å². The SMILES string of the molecule is CC1(C)CC(N2CCC(=N)OC(COc3ccc(C(C)(C)c4ccc(OCC(O)COCC5CO5)cc4)cc3)C2)CC(C)(CN2CCC(=N)OC(COc3ccc(C(C)(C)c4ccc(OCC(O)COCC5CO5)cc4)cc3)C2)C1. The number of hydrogen-bond donors (Lipinski definition) is 4. The first-order chi connectivity index (χ1) is 38.3. The van der Waals surface area contributed by atoms with Crippen molar-refractivity contribution in [1.29, 1.82) is 10.8 Å². The zero-order chi connectivity index (χ0) is 56.5. The van der Waals surface area contributed by atoms with Gasteiger partial charge in [0, 0.05) is 62.4 Å². The molecule has 5 fully saturated rings. The fourth-order valence-corrected chi connectivity index (χ4v) is 12.0. The Kier molecular flexibility index (Phi) is 19.5. The van der Waals surface area contributed by atoms with E-state index in [0.717, 1.165) is 85.9 Å². The highest BCUT2D eigenvalue weighted by Crippen LogP contribution is 2.48. The highest BCUT2D eigenvalue weighted by molar-refractivity contribution is 5.73. The van der Waals surface area contributed by atoms with Gasteiger partial charge in [0.1, 0.15) is 86.0 Å². The molecule has 1 aliphatic carbocycles. The molecule has 4 aliphatic heterocycles. The van der Waals surface area contributed by atoms with E-state index in [2.05, 4.69) is 107 Å². The molecule has 8 atom stereocenters. The molecule has 4 heterocycles. The molecule has 4 aromatic carbocycles. The summed E-state index contributed by atoms with van der Waals surface area (Å²) in [6.45, 7) is 23.7. The number of ether oxygens (including phenoxy) is 10. The first-order valence-corrected chi connectivity index (χ1v) is 28.9. The molecule has 16 heteroatoms. The van der Waals surface area contributed by atoms with Crippen LogP contribution in [0, 0.1) is 21.6 Å². The smallest absolute Gasteiger partial charge is 0.182 e. The molecule has 1 saturated carbocycles. The molecule has 4 saturated heterocycles. The number of nitrogens with zero attached hydrogens (tertiary/aromatic N) is 2. The third-order valence-corrected chi connectivity index (χ3v) is 16.4. The average Bonchev–Trinajstić information content (AvgIpc) is 4.42. The van der Waals surface area contributed by atoms with E-state index in [1.54, 1.807) is 0 Å². The van der Waals surface area contributed by atoms with Crippen LogP contribution in [0.4, 0.5) is 0 Å². The van der Waals surface area contributed by atoms with Gasteiger partial charge in [0.15, 0.2) is 11.8 Å². The Hall–Kier alpha value is -5.30. The molecular formula is C64H88N4O12. The van der Waals surface area contributed by atoms with Crippen molar-refractivity contribution in [3.05, 3.63) is 119 Å². The van der Waals surface area contributed by atoms with Gasteiger partial charge >= 0.3 is 0 Å². The first kappa shape index (κ1) is 59.3. The van der Waals surface area contributed by atoms with Crippen molar-refractivity contribution >= 4 is 11.8 Å². The summed E-state index contributed by atoms with van der Waals surface area (Å²) in [7, 11) is 0. The Morgan fingerprint density at radius 1 is 0.537 bits per heavy atom. The average molecular weight is 1110 g/mol. The number of nitrogens with one attached hydrogen (secondary N) is 2. The van der Waals surface area contributed by atoms with Crippen LogP contribution < -0.4 is 18.9 Å². The quantitative estimate of drug-likeness (QED) is 0.0414. The Balaban J connectivity index is 0.741. The topological polar surface area (TPSA) is 194 Å². The van der Waals surface area contributed by atoms with E-state index in [-0.39, 0.29) is 72.5 Å². The lowest BCUT2D eigenvalue weighted by atomic mass is 9.62. The minimum absolute atomic E-state index is 0.00578. The second kappa shape index (κ2) is 26.3. The maximum Gasteiger partial charge on any atom is 0.182 e. The van der Waals surface area contributed by atoms with Gasteiger partial charge in [-0.1, -0.05) is 97.0 Å². The molecule has 4 N–H and O–H groups in total. The van der Waals surface area contributed by atoms with Crippen molar-refractivity contribution in [2.45, 2.75) is 134 Å². The highest BCUT2D eigenvalue weighted by atomic mass is 16.6. The standard InChI is InChI=1S/C64H88N4O12/c1-61(2)28-48(68-27-25-60(66)80-56(31-68)39-76-54-22-14-47(15-23-54)63(5,6)45-10-18-52(19-11-45)74-35-50(70)33-72-37-58-41-78-58)29-64(7,42-61)43-67-26-24-59(65)79-55(30-67)38-75-53-20-12-46(13-21-53)62(3,4)44-8-16-51(17-9-44)73-34-49(69)32-71-36-57-40-77-57/h8-23,48-50,55-58,65-66,69-70H,24-43H2,1-7H3. The largest absolute Gasteiger partial charge is 0.491 e. The molecule has 4 aromatic rings. The summed E-state index contributed by atoms with van der Waals surface area (Å²) in [6, 6.07) is 32.9. The summed E-state index contributed by atoms with van der Waals surface area (Å²) < 4.78 is 58.2. The summed E-state index contributed by atoms with van der Waals surface area (Å²) >= 11 is 0. The van der Waals surface area contributed by atoms with Crippen LogP contribution in [0.1, 0.15) is 103 Å². The van der Waals surface area contributed by atoms with Crippen LogP contribution in [-0.2, 0) is 39.3 Å². The lowest BCUT2D eigenvalue weighted by Crippen LogP contribution is -2.52. The molecular weight excluding hydrogens is 1020 g/mol. The highest BCUT2D eigenvalue weighted by Gasteiger charge is 2.45. The number of hydrogen-bond acceptors (Lipinski definition) is 16. The normalized spacial score (nSPS) is 25.3. The Morgan fingerprint density at radius 3 is 1.36 bits per heavy atom. The zero-order valence-corrected chi connectivity index (χ0v) is 48.3. The van der Waals surface area contributed by atoms with Crippen LogP contribution in [0.2, 0.25) is 0 Å². The number of benzene rings is 4. The molecule has 8 unspecified atom stereocenters. The Bertz CT molecular complexity index is 2610. The van der Waals surface area contributed by atoms with Gasteiger partial charge in [-0.2, -0.15) is 0 Å². The molecule has 9 rings (SSSR count). The maximum absolute atomic E-state index is 10.3. The Morgan fingerprint density at radius 2 is 0.938 bits per heavy atom. The summed E-state index contributed by atoms with van der Waals surface area (Å²) in [5.74, 6) is 3.51. The third-order valence-electron chi connectivity index (χ3n) is 16.4. The predicted molar refractivity (Wildman–Crippen MR) is 307 cm³/mol. The summed E-state index contributed by atoms with van der Waals surface area (Å²) in [5, 5.41) is 37.9. The van der Waals surface area contributed by atoms with Crippen molar-refractivity contribution in [1.82, 2.24) is 9.80 Å². The van der Waals surface area contributed by atoms with Gasteiger partial charge in [-0.25, -0.2) is 0 Å². The van der Waals surface area contributed by atoms with Crippen molar-refractivity contribution in [2.75, 3.05) is 98.8 Å². The second-order valence-electron chi connectivity index (χ2n) is 25.2. The lowest BCUT2D eigenvalue weighted by Gasteiger charge is -2.51. The second-order valence-corrected chi connectivity index (χ2v) is 25.2. The van der Waals surface area contributed by atoms with Crippen LogP contribution in [0.3, 0.4) is 0 Å². The summed E-state index contributed by atoms with van der Waals surface area (Å²) in [5.41, 5.74) is 4.10. The predicted octanol–water partition coefficient (Wildman–Crippen LogP) is 8.83. The van der Waals surface area contributed by atoms with E-state index in [4.69, 9.17) is 58.2 Å². The van der Waals surface area contributed by atoms with Gasteiger partial charge in [0.05, 0.1) is 39.6 Å². The zero-order valence-electron chi connectivity index (χ0n) is 48.3. The van der Waals surface area contributed by atoms with E-state index < -0.39 is 12.2 Å². The van der Waals surface area contributed by atoms with Crippen LogP contribution in [0.25, 0.3) is 0 Å². The van der Waals surface area contributed by atoms with Gasteiger partial charge < -0.3 is 57.6 Å². The van der Waals surface area contributed by atoms with Crippen molar-refractivity contribution < 1.29 is 57.6 Å². The van der Waals surface area contributed by atoms with Gasteiger partial charge in [0.2, 0.25) is 0 Å². The van der Waals surface area contributed by atoms with E-state index in [1.807, 2.05) is 48.5 Å². The number of aliphatic hydroxyl groups is 2. The summed E-state index contributed by atoms with van der Waals surface area (Å²) in [4.78, 5) is 5.06. The molecule has 16 nitrogen and oxygen atoms in total. The van der Waals surface area contributed by atoms with Gasteiger partial charge in [-0.3, -0.25) is 20.6 Å². The molecule has 0 radical (unpaired) electrons. The fourth-order valence-electron chi connectivity index (χ4n) is 12.0. The Labute approximate surface area is 474 Å². The van der Waals surface area contributed by atoms with Crippen LogP contribution in [0.15, 0.2) is 97.1 Å². The van der Waals surface area contributed by atoms with Crippen molar-refractivity contribution in [2.24, 2.45) is 10.8 Å². The van der Waals surface area contributed by atoms with Crippen molar-refractivity contribution in [3.8, 4) is 23.0 Å². The molecule has 0 bridgehead atoms. The van der Waals surface area contributed by atoms with Gasteiger partial charge in [-0.05, 0) is 101 Å². The van der Waals surface area contributed by atoms with Crippen LogP contribution >= 0.6 is 0 Å². The number of epoxide rings is 2. The van der Waals surface area contributed by atoms with E-state index in [9.17, 15) is 10.2 Å². The monoisotopic (exact) mass is 1100 g/mol. The first-order valence-electron chi connectivity index (χ1n) is 28.9. The number of aliphatic hydroxyl groups excluding tert-OH is 2. The minimum atomic E-state index is -0.713. The molecule has 0 amide bonds. The number of rotatable bonds is 27. The molecule has 80 heavy (non-hydrogen) atoms. The fraction of sp³-hybridized carbons (Fsp3) is 0.594. The lowest BCUT2D eigenvalue weighted by molar-refractivity contribution is -0.0184. The van der Waals surface area contributed by atoms with Crippen LogP contribution in [-0.4, -0.2) is 173 Å². The van der Waals surface area contributed by atoms with Crippen LogP contribution in [0.5, 0.6) is 23.0 Å². The summed E-state index contributed by atoms with van der Waals surface area (Å²) in [6.07, 6.45) is 2.62. The minimum Gasteiger partial charge on any atom is -0.491 e. The molecule has 0 aromatic heterocycles. The van der Waals surface area contributed by atoms with Gasteiger partial charge in [0.25, 0.3) is 0 Å². The van der Waals surface area contributed by atoms with E-state index >= 15 is 0 Å². The van der Waals surface area contributed by atoms with Crippen molar-refractivity contribution in [3.63, 3.8) is 0 Å². The molecule has 5 aliphatic rings.